The minimum Gasteiger partial charge on any atom is -0.309 e. The summed E-state index contributed by atoms with van der Waals surface area (Å²) in [5.41, 5.74) is 12.0. The van der Waals surface area contributed by atoms with E-state index in [0.717, 1.165) is 38.8 Å². The van der Waals surface area contributed by atoms with Crippen molar-refractivity contribution in [3.8, 4) is 39.2 Å². The number of hydrogen-bond acceptors (Lipinski definition) is 2. The highest BCUT2D eigenvalue weighted by atomic mass is 15.0. The van der Waals surface area contributed by atoms with Gasteiger partial charge in [-0.05, 0) is 69.4 Å². The Hall–Kier alpha value is -6.58. The standard InChI is InChI=1S/C46H29N3/c1-3-12-30(13-4-1)32-22-24-43-40(27-32)41-28-33(31-14-5-2-6-15-31)23-25-44(41)49(43)35-17-11-16-34(26-35)42-29-47-45-38-20-9-7-18-36(38)37-19-8-10-21-39(37)46(45)48-42/h1-29H. The zero-order valence-corrected chi connectivity index (χ0v) is 26.6. The third-order valence-electron chi connectivity index (χ3n) is 9.81. The molecule has 0 amide bonds. The molecule has 2 aromatic heterocycles. The average Bonchev–Trinajstić information content (AvgIpc) is 3.51. The summed E-state index contributed by atoms with van der Waals surface area (Å²) in [6, 6.07) is 60.6. The van der Waals surface area contributed by atoms with E-state index >= 15 is 0 Å². The fourth-order valence-corrected chi connectivity index (χ4v) is 7.49. The Kier molecular flexibility index (Phi) is 6.18. The first-order chi connectivity index (χ1) is 24.3. The summed E-state index contributed by atoms with van der Waals surface area (Å²) in [6.07, 6.45) is 1.92. The van der Waals surface area contributed by atoms with E-state index in [0.29, 0.717) is 0 Å². The van der Waals surface area contributed by atoms with Crippen LogP contribution in [0.5, 0.6) is 0 Å². The third-order valence-corrected chi connectivity index (χ3v) is 9.81. The second kappa shape index (κ2) is 11.0. The van der Waals surface area contributed by atoms with Gasteiger partial charge in [-0.3, -0.25) is 4.98 Å². The zero-order valence-electron chi connectivity index (χ0n) is 26.6. The second-order valence-corrected chi connectivity index (χ2v) is 12.6. The van der Waals surface area contributed by atoms with Gasteiger partial charge in [0.25, 0.3) is 0 Å². The molecule has 0 bridgehead atoms. The Bertz CT molecular complexity index is 2740. The molecule has 0 N–H and O–H groups in total. The number of benzene rings is 8. The van der Waals surface area contributed by atoms with Gasteiger partial charge in [0.05, 0.1) is 34.0 Å². The maximum Gasteiger partial charge on any atom is 0.0979 e. The maximum absolute atomic E-state index is 5.29. The van der Waals surface area contributed by atoms with E-state index in [1.165, 1.54) is 54.8 Å². The van der Waals surface area contributed by atoms with Crippen molar-refractivity contribution in [1.82, 2.24) is 14.5 Å². The minimum atomic E-state index is 0.855. The number of aromatic nitrogens is 3. The van der Waals surface area contributed by atoms with Gasteiger partial charge in [0.2, 0.25) is 0 Å². The lowest BCUT2D eigenvalue weighted by molar-refractivity contribution is 1.18. The van der Waals surface area contributed by atoms with Gasteiger partial charge in [-0.15, -0.1) is 0 Å². The first-order valence-corrected chi connectivity index (χ1v) is 16.7. The summed E-state index contributed by atoms with van der Waals surface area (Å²) in [6.45, 7) is 0. The van der Waals surface area contributed by atoms with Crippen molar-refractivity contribution in [2.75, 3.05) is 0 Å². The molecule has 0 aliphatic carbocycles. The predicted molar refractivity (Wildman–Crippen MR) is 205 cm³/mol. The van der Waals surface area contributed by atoms with Crippen LogP contribution in [-0.4, -0.2) is 14.5 Å². The van der Waals surface area contributed by atoms with Crippen LogP contribution >= 0.6 is 0 Å². The molecule has 0 aliphatic rings. The zero-order chi connectivity index (χ0) is 32.3. The molecule has 0 saturated heterocycles. The molecule has 3 heteroatoms. The van der Waals surface area contributed by atoms with Gasteiger partial charge in [-0.25, -0.2) is 4.98 Å². The monoisotopic (exact) mass is 623 g/mol. The molecule has 3 nitrogen and oxygen atoms in total. The summed E-state index contributed by atoms with van der Waals surface area (Å²) in [5, 5.41) is 7.09. The molecule has 10 rings (SSSR count). The quantitative estimate of drug-likeness (QED) is 0.183. The molecule has 0 fully saturated rings. The molecule has 0 aliphatic heterocycles. The lowest BCUT2D eigenvalue weighted by atomic mass is 9.99. The van der Waals surface area contributed by atoms with Crippen molar-refractivity contribution >= 4 is 54.4 Å². The van der Waals surface area contributed by atoms with Gasteiger partial charge in [0.1, 0.15) is 0 Å². The van der Waals surface area contributed by atoms with E-state index in [1.807, 2.05) is 6.20 Å². The first kappa shape index (κ1) is 27.5. The smallest absolute Gasteiger partial charge is 0.0979 e. The lowest BCUT2D eigenvalue weighted by Gasteiger charge is -2.12. The molecule has 0 atom stereocenters. The molecule has 0 unspecified atom stereocenters. The van der Waals surface area contributed by atoms with Crippen LogP contribution in [0.15, 0.2) is 176 Å². The number of nitrogens with zero attached hydrogens (tertiary/aromatic N) is 3. The van der Waals surface area contributed by atoms with Gasteiger partial charge in [0, 0.05) is 32.8 Å². The summed E-state index contributed by atoms with van der Waals surface area (Å²) < 4.78 is 2.38. The van der Waals surface area contributed by atoms with E-state index in [4.69, 9.17) is 9.97 Å². The van der Waals surface area contributed by atoms with Crippen LogP contribution in [0.2, 0.25) is 0 Å². The largest absolute Gasteiger partial charge is 0.309 e. The highest BCUT2D eigenvalue weighted by Crippen LogP contribution is 2.38. The van der Waals surface area contributed by atoms with Crippen molar-refractivity contribution in [1.29, 1.82) is 0 Å². The summed E-state index contributed by atoms with van der Waals surface area (Å²) >= 11 is 0. The van der Waals surface area contributed by atoms with Crippen LogP contribution in [-0.2, 0) is 0 Å². The highest BCUT2D eigenvalue weighted by Gasteiger charge is 2.17. The average molecular weight is 624 g/mol. The Morgan fingerprint density at radius 3 is 1.45 bits per heavy atom. The third kappa shape index (κ3) is 4.44. The highest BCUT2D eigenvalue weighted by molar-refractivity contribution is 6.23. The number of hydrogen-bond donors (Lipinski definition) is 0. The van der Waals surface area contributed by atoms with Crippen LogP contribution in [0, 0.1) is 0 Å². The normalized spacial score (nSPS) is 11.7. The summed E-state index contributed by atoms with van der Waals surface area (Å²) in [7, 11) is 0. The number of rotatable bonds is 4. The molecule has 0 spiro atoms. The topological polar surface area (TPSA) is 30.7 Å². The Morgan fingerprint density at radius 1 is 0.347 bits per heavy atom. The molecule has 0 radical (unpaired) electrons. The minimum absolute atomic E-state index is 0.855. The molecule has 49 heavy (non-hydrogen) atoms. The van der Waals surface area contributed by atoms with Crippen molar-refractivity contribution < 1.29 is 0 Å². The van der Waals surface area contributed by atoms with Gasteiger partial charge in [-0.2, -0.15) is 0 Å². The van der Waals surface area contributed by atoms with Gasteiger partial charge in [0.15, 0.2) is 0 Å². The number of fused-ring (bicyclic) bond motifs is 9. The summed E-state index contributed by atoms with van der Waals surface area (Å²) in [4.78, 5) is 10.3. The Morgan fingerprint density at radius 2 is 0.857 bits per heavy atom. The van der Waals surface area contributed by atoms with Crippen LogP contribution in [0.4, 0.5) is 0 Å². The predicted octanol–water partition coefficient (Wildman–Crippen LogP) is 12.0. The van der Waals surface area contributed by atoms with Crippen LogP contribution in [0.25, 0.3) is 93.6 Å². The van der Waals surface area contributed by atoms with Crippen LogP contribution in [0.1, 0.15) is 0 Å². The van der Waals surface area contributed by atoms with E-state index in [1.54, 1.807) is 0 Å². The Labute approximate surface area is 283 Å². The molecule has 2 heterocycles. The molecular formula is C46H29N3. The fraction of sp³-hybridized carbons (Fsp3) is 0. The SMILES string of the molecule is c1ccc(-c2ccc3c(c2)c2cc(-c4ccccc4)ccc2n3-c2cccc(-c3cnc4c5ccccc5c5ccccc5c4n3)c2)cc1. The lowest BCUT2D eigenvalue weighted by Crippen LogP contribution is -1.96. The summed E-state index contributed by atoms with van der Waals surface area (Å²) in [5.74, 6) is 0. The van der Waals surface area contributed by atoms with Gasteiger partial charge in [-0.1, -0.05) is 133 Å². The Balaban J connectivity index is 1.18. The second-order valence-electron chi connectivity index (χ2n) is 12.6. The van der Waals surface area contributed by atoms with Gasteiger partial charge < -0.3 is 4.57 Å². The van der Waals surface area contributed by atoms with E-state index in [2.05, 4.69) is 174 Å². The van der Waals surface area contributed by atoms with Crippen LogP contribution in [0.3, 0.4) is 0 Å². The van der Waals surface area contributed by atoms with Crippen molar-refractivity contribution in [3.05, 3.63) is 176 Å². The van der Waals surface area contributed by atoms with E-state index in [9.17, 15) is 0 Å². The van der Waals surface area contributed by atoms with Crippen molar-refractivity contribution in [2.45, 2.75) is 0 Å². The molecule has 10 aromatic rings. The van der Waals surface area contributed by atoms with Gasteiger partial charge >= 0.3 is 0 Å². The molecule has 8 aromatic carbocycles. The van der Waals surface area contributed by atoms with E-state index in [-0.39, 0.29) is 0 Å². The molecular weight excluding hydrogens is 595 g/mol. The molecule has 228 valence electrons. The van der Waals surface area contributed by atoms with Crippen molar-refractivity contribution in [2.24, 2.45) is 0 Å². The van der Waals surface area contributed by atoms with E-state index < -0.39 is 0 Å². The fourth-order valence-electron chi connectivity index (χ4n) is 7.49. The maximum atomic E-state index is 5.29. The van der Waals surface area contributed by atoms with Crippen molar-refractivity contribution in [3.63, 3.8) is 0 Å². The first-order valence-electron chi connectivity index (χ1n) is 16.7. The van der Waals surface area contributed by atoms with Crippen LogP contribution < -0.4 is 0 Å². The molecule has 0 saturated carbocycles.